The molecule has 144 valence electrons. The number of fused-ring (bicyclic) bond motifs is 1. The van der Waals surface area contributed by atoms with Gasteiger partial charge < -0.3 is 9.73 Å². The van der Waals surface area contributed by atoms with Crippen molar-refractivity contribution in [1.82, 2.24) is 15.1 Å². The molecule has 0 spiro atoms. The molecule has 0 saturated heterocycles. The van der Waals surface area contributed by atoms with Crippen molar-refractivity contribution >= 4 is 40.0 Å². The van der Waals surface area contributed by atoms with E-state index in [0.29, 0.717) is 18.1 Å². The van der Waals surface area contributed by atoms with Gasteiger partial charge in [-0.1, -0.05) is 24.3 Å². The third kappa shape index (κ3) is 4.31. The van der Waals surface area contributed by atoms with Gasteiger partial charge >= 0.3 is 0 Å². The molecule has 0 bridgehead atoms. The van der Waals surface area contributed by atoms with E-state index in [2.05, 4.69) is 21.9 Å². The van der Waals surface area contributed by atoms with E-state index >= 15 is 0 Å². The molecule has 3 aromatic heterocycles. The number of aryl methyl sites for hydroxylation is 2. The summed E-state index contributed by atoms with van der Waals surface area (Å²) in [6.45, 7) is 3.37. The highest BCUT2D eigenvalue weighted by atomic mass is 32.2. The average Bonchev–Trinajstić information content (AvgIpc) is 3.43. The summed E-state index contributed by atoms with van der Waals surface area (Å²) in [5.41, 5.74) is 2.84. The second-order valence-corrected chi connectivity index (χ2v) is 8.74. The van der Waals surface area contributed by atoms with Gasteiger partial charge in [-0.05, 0) is 36.4 Å². The quantitative estimate of drug-likeness (QED) is 0.323. The second-order valence-electron chi connectivity index (χ2n) is 6.52. The minimum Gasteiger partial charge on any atom is -0.451 e. The number of aromatic nitrogens is 2. The first kappa shape index (κ1) is 18.8. The monoisotopic (exact) mass is 411 g/mol. The first-order valence-corrected chi connectivity index (χ1v) is 11.0. The maximum atomic E-state index is 12.8. The molecule has 1 aromatic carbocycles. The fraction of sp³-hybridized carbons (Fsp3) is 0.238. The number of nitrogens with one attached hydrogen (secondary N) is 1. The summed E-state index contributed by atoms with van der Waals surface area (Å²) in [7, 11) is 0. The highest BCUT2D eigenvalue weighted by molar-refractivity contribution is 8.00. The Morgan fingerprint density at radius 3 is 2.96 bits per heavy atom. The first-order chi connectivity index (χ1) is 13.7. The van der Waals surface area contributed by atoms with Crippen molar-refractivity contribution in [3.05, 3.63) is 71.1 Å². The standard InChI is InChI=1S/C21H21N3O2S2/c1-15-12-23-24(13-15)10-5-9-22-21(25)20-17(14-28-19-8-4-11-27-19)16-6-2-3-7-18(16)26-20/h2-4,6-8,11-13H,5,9-10,14H2,1H3,(H,22,25). The van der Waals surface area contributed by atoms with Gasteiger partial charge in [-0.25, -0.2) is 0 Å². The molecule has 0 fully saturated rings. The van der Waals surface area contributed by atoms with Gasteiger partial charge in [-0.15, -0.1) is 23.1 Å². The molecule has 0 aliphatic rings. The van der Waals surface area contributed by atoms with Crippen LogP contribution in [0.5, 0.6) is 0 Å². The Labute approximate surface area is 171 Å². The Hall–Kier alpha value is -2.51. The highest BCUT2D eigenvalue weighted by Crippen LogP contribution is 2.33. The molecule has 0 atom stereocenters. The first-order valence-electron chi connectivity index (χ1n) is 9.14. The van der Waals surface area contributed by atoms with Crippen molar-refractivity contribution in [3.8, 4) is 0 Å². The van der Waals surface area contributed by atoms with E-state index in [1.807, 2.05) is 54.3 Å². The van der Waals surface area contributed by atoms with Gasteiger partial charge in [0.2, 0.25) is 0 Å². The minimum absolute atomic E-state index is 0.158. The fourth-order valence-electron chi connectivity index (χ4n) is 3.03. The Morgan fingerprint density at radius 1 is 1.29 bits per heavy atom. The number of thiophene rings is 1. The number of rotatable bonds is 8. The molecule has 7 heteroatoms. The van der Waals surface area contributed by atoms with Crippen LogP contribution in [-0.4, -0.2) is 22.2 Å². The van der Waals surface area contributed by atoms with Crippen LogP contribution in [0.2, 0.25) is 0 Å². The zero-order chi connectivity index (χ0) is 19.3. The second kappa shape index (κ2) is 8.67. The smallest absolute Gasteiger partial charge is 0.287 e. The normalized spacial score (nSPS) is 11.2. The maximum Gasteiger partial charge on any atom is 0.287 e. The van der Waals surface area contributed by atoms with Crippen LogP contribution in [0.4, 0.5) is 0 Å². The van der Waals surface area contributed by atoms with Gasteiger partial charge in [0.05, 0.1) is 10.4 Å². The van der Waals surface area contributed by atoms with Crippen LogP contribution in [0.1, 0.15) is 28.1 Å². The van der Waals surface area contributed by atoms with E-state index in [4.69, 9.17) is 4.42 Å². The molecule has 0 aliphatic carbocycles. The number of para-hydroxylation sites is 1. The third-order valence-corrected chi connectivity index (χ3v) is 6.53. The molecule has 0 saturated carbocycles. The topological polar surface area (TPSA) is 60.1 Å². The van der Waals surface area contributed by atoms with E-state index in [1.165, 1.54) is 4.21 Å². The number of furan rings is 1. The molecule has 4 rings (SSSR count). The van der Waals surface area contributed by atoms with Crippen LogP contribution >= 0.6 is 23.1 Å². The van der Waals surface area contributed by atoms with E-state index in [9.17, 15) is 4.79 Å². The van der Waals surface area contributed by atoms with Crippen LogP contribution in [0, 0.1) is 6.92 Å². The molecule has 0 radical (unpaired) electrons. The summed E-state index contributed by atoms with van der Waals surface area (Å²) in [5, 5.41) is 10.3. The summed E-state index contributed by atoms with van der Waals surface area (Å²) >= 11 is 3.43. The molecule has 3 heterocycles. The summed E-state index contributed by atoms with van der Waals surface area (Å²) in [6.07, 6.45) is 4.65. The number of thioether (sulfide) groups is 1. The SMILES string of the molecule is Cc1cnn(CCCNC(=O)c2oc3ccccc3c2CSc2cccs2)c1. The summed E-state index contributed by atoms with van der Waals surface area (Å²) in [4.78, 5) is 12.8. The summed E-state index contributed by atoms with van der Waals surface area (Å²) in [5.74, 6) is 0.960. The Balaban J connectivity index is 1.43. The number of hydrogen-bond donors (Lipinski definition) is 1. The molecule has 5 nitrogen and oxygen atoms in total. The molecule has 1 amide bonds. The van der Waals surface area contributed by atoms with Gasteiger partial charge in [0, 0.05) is 36.0 Å². The average molecular weight is 412 g/mol. The molecular formula is C21H21N3O2S2. The molecule has 4 aromatic rings. The van der Waals surface area contributed by atoms with Gasteiger partial charge in [-0.2, -0.15) is 5.10 Å². The lowest BCUT2D eigenvalue weighted by Crippen LogP contribution is -2.25. The molecule has 1 N–H and O–H groups in total. The molecular weight excluding hydrogens is 390 g/mol. The maximum absolute atomic E-state index is 12.8. The number of hydrogen-bond acceptors (Lipinski definition) is 5. The van der Waals surface area contributed by atoms with Crippen molar-refractivity contribution in [2.45, 2.75) is 29.9 Å². The lowest BCUT2D eigenvalue weighted by Gasteiger charge is -2.06. The largest absolute Gasteiger partial charge is 0.451 e. The van der Waals surface area contributed by atoms with E-state index in [1.54, 1.807) is 23.1 Å². The number of amides is 1. The van der Waals surface area contributed by atoms with Gasteiger partial charge in [0.15, 0.2) is 5.76 Å². The zero-order valence-corrected chi connectivity index (χ0v) is 17.2. The molecule has 0 aliphatic heterocycles. The molecule has 0 unspecified atom stereocenters. The van der Waals surface area contributed by atoms with Crippen molar-refractivity contribution in [2.75, 3.05) is 6.54 Å². The lowest BCUT2D eigenvalue weighted by molar-refractivity contribution is 0.0926. The highest BCUT2D eigenvalue weighted by Gasteiger charge is 2.20. The summed E-state index contributed by atoms with van der Waals surface area (Å²) < 4.78 is 9.03. The van der Waals surface area contributed by atoms with Gasteiger partial charge in [0.25, 0.3) is 5.91 Å². The van der Waals surface area contributed by atoms with Crippen LogP contribution in [0.15, 0.2) is 62.8 Å². The van der Waals surface area contributed by atoms with Crippen LogP contribution in [-0.2, 0) is 12.3 Å². The zero-order valence-electron chi connectivity index (χ0n) is 15.6. The molecule has 28 heavy (non-hydrogen) atoms. The van der Waals surface area contributed by atoms with Crippen LogP contribution in [0.25, 0.3) is 11.0 Å². The predicted molar refractivity (Wildman–Crippen MR) is 114 cm³/mol. The van der Waals surface area contributed by atoms with E-state index in [-0.39, 0.29) is 5.91 Å². The third-order valence-electron chi connectivity index (χ3n) is 4.37. The summed E-state index contributed by atoms with van der Waals surface area (Å²) in [6, 6.07) is 12.0. The predicted octanol–water partition coefficient (Wildman–Crippen LogP) is 5.11. The Kier molecular flexibility index (Phi) is 5.83. The van der Waals surface area contributed by atoms with Crippen LogP contribution in [0.3, 0.4) is 0 Å². The number of benzene rings is 1. The van der Waals surface area contributed by atoms with Crippen molar-refractivity contribution in [3.63, 3.8) is 0 Å². The van der Waals surface area contributed by atoms with Crippen LogP contribution < -0.4 is 5.32 Å². The van der Waals surface area contributed by atoms with E-state index < -0.39 is 0 Å². The lowest BCUT2D eigenvalue weighted by atomic mass is 10.1. The van der Waals surface area contributed by atoms with Gasteiger partial charge in [-0.3, -0.25) is 9.48 Å². The Morgan fingerprint density at radius 2 is 2.18 bits per heavy atom. The number of carbonyl (C=O) groups excluding carboxylic acids is 1. The Bertz CT molecular complexity index is 1070. The van der Waals surface area contributed by atoms with Crippen molar-refractivity contribution < 1.29 is 9.21 Å². The van der Waals surface area contributed by atoms with Crippen molar-refractivity contribution in [1.29, 1.82) is 0 Å². The number of nitrogens with zero attached hydrogens (tertiary/aromatic N) is 2. The number of carbonyl (C=O) groups is 1. The fourth-order valence-corrected chi connectivity index (χ4v) is 4.84. The van der Waals surface area contributed by atoms with Crippen molar-refractivity contribution in [2.24, 2.45) is 0 Å². The minimum atomic E-state index is -0.158. The van der Waals surface area contributed by atoms with E-state index in [0.717, 1.165) is 35.1 Å². The van der Waals surface area contributed by atoms with Gasteiger partial charge in [0.1, 0.15) is 5.58 Å².